The van der Waals surface area contributed by atoms with E-state index < -0.39 is 0 Å². The van der Waals surface area contributed by atoms with Gasteiger partial charge in [0.05, 0.1) is 13.2 Å². The quantitative estimate of drug-likeness (QED) is 0.838. The van der Waals surface area contributed by atoms with Crippen LogP contribution < -0.4 is 0 Å². The summed E-state index contributed by atoms with van der Waals surface area (Å²) in [5.41, 5.74) is 4.12. The van der Waals surface area contributed by atoms with Crippen LogP contribution in [0.1, 0.15) is 31.0 Å². The summed E-state index contributed by atoms with van der Waals surface area (Å²) >= 11 is 0. The molecule has 1 aromatic heterocycles. The summed E-state index contributed by atoms with van der Waals surface area (Å²) in [4.78, 5) is 5.28. The Balaban J connectivity index is 1.36. The smallest absolute Gasteiger partial charge is 0.0594 e. The van der Waals surface area contributed by atoms with Crippen LogP contribution in [0.3, 0.4) is 0 Å². The van der Waals surface area contributed by atoms with Gasteiger partial charge in [-0.1, -0.05) is 11.6 Å². The van der Waals surface area contributed by atoms with Crippen molar-refractivity contribution in [3.05, 3.63) is 35.5 Å². The van der Waals surface area contributed by atoms with E-state index in [-0.39, 0.29) is 0 Å². The molecule has 0 saturated carbocycles. The number of piperidine rings is 1. The summed E-state index contributed by atoms with van der Waals surface area (Å²) < 4.78 is 7.88. The zero-order valence-corrected chi connectivity index (χ0v) is 16.6. The fraction of sp³-hybridized carbons (Fsp3) is 0.636. The second-order valence-corrected chi connectivity index (χ2v) is 8.26. The van der Waals surface area contributed by atoms with Crippen molar-refractivity contribution in [3.63, 3.8) is 0 Å². The molecule has 0 bridgehead atoms. The lowest BCUT2D eigenvalue weighted by Crippen LogP contribution is -2.48. The molecule has 0 N–H and O–H groups in total. The molecule has 1 aromatic carbocycles. The molecular formula is C22H33N3O. The number of morpholine rings is 1. The minimum absolute atomic E-state index is 0.696. The summed E-state index contributed by atoms with van der Waals surface area (Å²) in [5.74, 6) is 0.833. The van der Waals surface area contributed by atoms with Gasteiger partial charge in [-0.25, -0.2) is 0 Å². The molecule has 4 rings (SSSR count). The largest absolute Gasteiger partial charge is 0.379 e. The number of hydrogen-bond donors (Lipinski definition) is 0. The molecule has 2 fully saturated rings. The third-order valence-corrected chi connectivity index (χ3v) is 6.62. The van der Waals surface area contributed by atoms with Crippen molar-refractivity contribution in [2.45, 2.75) is 39.3 Å². The Morgan fingerprint density at radius 3 is 2.54 bits per heavy atom. The maximum atomic E-state index is 5.51. The van der Waals surface area contributed by atoms with Gasteiger partial charge in [-0.2, -0.15) is 0 Å². The Morgan fingerprint density at radius 2 is 1.81 bits per heavy atom. The topological polar surface area (TPSA) is 20.6 Å². The van der Waals surface area contributed by atoms with E-state index >= 15 is 0 Å². The SMILES string of the molecule is Cc1ccc2c(c1)cc(CN1CCC([C@@H](C)N3CCOCC3)CC1)n2C. The van der Waals surface area contributed by atoms with E-state index in [4.69, 9.17) is 4.74 Å². The van der Waals surface area contributed by atoms with Crippen LogP contribution >= 0.6 is 0 Å². The van der Waals surface area contributed by atoms with Crippen molar-refractivity contribution in [1.82, 2.24) is 14.4 Å². The van der Waals surface area contributed by atoms with Crippen LogP contribution in [0.5, 0.6) is 0 Å². The Labute approximate surface area is 157 Å². The first kappa shape index (κ1) is 18.0. The predicted octanol–water partition coefficient (Wildman–Crippen LogP) is 3.42. The Hall–Kier alpha value is -1.36. The average Bonchev–Trinajstić information content (AvgIpc) is 2.97. The Kier molecular flexibility index (Phi) is 5.35. The molecule has 4 heteroatoms. The summed E-state index contributed by atoms with van der Waals surface area (Å²) in [6.07, 6.45) is 2.64. The first-order valence-electron chi connectivity index (χ1n) is 10.2. The average molecular weight is 356 g/mol. The van der Waals surface area contributed by atoms with E-state index in [0.29, 0.717) is 6.04 Å². The molecule has 2 saturated heterocycles. The maximum Gasteiger partial charge on any atom is 0.0594 e. The number of nitrogens with zero attached hydrogens (tertiary/aromatic N) is 3. The van der Waals surface area contributed by atoms with Crippen LogP contribution in [0.2, 0.25) is 0 Å². The second kappa shape index (κ2) is 7.71. The number of hydrogen-bond acceptors (Lipinski definition) is 3. The standard InChI is InChI=1S/C22H33N3O/c1-17-4-5-22-20(14-17)15-21(23(22)3)16-24-8-6-19(7-9-24)18(2)25-10-12-26-13-11-25/h4-5,14-15,18-19H,6-13,16H2,1-3H3/t18-/m1/s1. The van der Waals surface area contributed by atoms with Gasteiger partial charge < -0.3 is 9.30 Å². The molecule has 4 nitrogen and oxygen atoms in total. The van der Waals surface area contributed by atoms with Gasteiger partial charge in [0.1, 0.15) is 0 Å². The zero-order chi connectivity index (χ0) is 18.1. The normalized spacial score (nSPS) is 22.1. The molecule has 0 amide bonds. The number of aryl methyl sites for hydroxylation is 2. The molecule has 1 atom stereocenters. The van der Waals surface area contributed by atoms with Crippen molar-refractivity contribution in [1.29, 1.82) is 0 Å². The van der Waals surface area contributed by atoms with Crippen LogP contribution in [0.15, 0.2) is 24.3 Å². The van der Waals surface area contributed by atoms with E-state index in [2.05, 4.69) is 59.5 Å². The molecular weight excluding hydrogens is 322 g/mol. The highest BCUT2D eigenvalue weighted by molar-refractivity contribution is 5.82. The van der Waals surface area contributed by atoms with Gasteiger partial charge in [-0.15, -0.1) is 0 Å². The molecule has 0 radical (unpaired) electrons. The molecule has 0 spiro atoms. The minimum Gasteiger partial charge on any atom is -0.379 e. The van der Waals surface area contributed by atoms with Crippen LogP contribution in [0.4, 0.5) is 0 Å². The van der Waals surface area contributed by atoms with E-state index in [9.17, 15) is 0 Å². The van der Waals surface area contributed by atoms with E-state index in [1.165, 1.54) is 48.1 Å². The molecule has 142 valence electrons. The maximum absolute atomic E-state index is 5.51. The number of aromatic nitrogens is 1. The molecule has 0 unspecified atom stereocenters. The van der Waals surface area contributed by atoms with Crippen molar-refractivity contribution >= 4 is 10.9 Å². The number of likely N-dealkylation sites (tertiary alicyclic amines) is 1. The minimum atomic E-state index is 0.696. The van der Waals surface area contributed by atoms with Crippen LogP contribution in [0, 0.1) is 12.8 Å². The number of benzene rings is 1. The first-order valence-corrected chi connectivity index (χ1v) is 10.2. The lowest BCUT2D eigenvalue weighted by molar-refractivity contribution is -0.00201. The van der Waals surface area contributed by atoms with Gasteiger partial charge in [0.15, 0.2) is 0 Å². The Bertz CT molecular complexity index is 739. The predicted molar refractivity (Wildman–Crippen MR) is 108 cm³/mol. The molecule has 3 heterocycles. The van der Waals surface area contributed by atoms with Crippen molar-refractivity contribution < 1.29 is 4.74 Å². The summed E-state index contributed by atoms with van der Waals surface area (Å²) in [7, 11) is 2.21. The highest BCUT2D eigenvalue weighted by Crippen LogP contribution is 2.27. The number of rotatable bonds is 4. The summed E-state index contributed by atoms with van der Waals surface area (Å²) in [6, 6.07) is 9.84. The fourth-order valence-electron chi connectivity index (χ4n) is 4.78. The van der Waals surface area contributed by atoms with E-state index in [0.717, 1.165) is 38.8 Å². The summed E-state index contributed by atoms with van der Waals surface area (Å²) in [5, 5.41) is 1.37. The second-order valence-electron chi connectivity index (χ2n) is 8.26. The van der Waals surface area contributed by atoms with Gasteiger partial charge in [0, 0.05) is 49.3 Å². The van der Waals surface area contributed by atoms with Gasteiger partial charge in [0.25, 0.3) is 0 Å². The molecule has 2 aliphatic rings. The monoisotopic (exact) mass is 355 g/mol. The number of ether oxygens (including phenoxy) is 1. The lowest BCUT2D eigenvalue weighted by atomic mass is 9.89. The molecule has 0 aliphatic carbocycles. The van der Waals surface area contributed by atoms with Crippen LogP contribution in [0.25, 0.3) is 10.9 Å². The summed E-state index contributed by atoms with van der Waals surface area (Å²) in [6.45, 7) is 12.1. The third-order valence-electron chi connectivity index (χ3n) is 6.62. The van der Waals surface area contributed by atoms with E-state index in [1.807, 2.05) is 0 Å². The third kappa shape index (κ3) is 3.68. The van der Waals surface area contributed by atoms with Crippen molar-refractivity contribution in [2.24, 2.45) is 13.0 Å². The van der Waals surface area contributed by atoms with Gasteiger partial charge in [-0.3, -0.25) is 9.80 Å². The fourth-order valence-corrected chi connectivity index (χ4v) is 4.78. The first-order chi connectivity index (χ1) is 12.6. The van der Waals surface area contributed by atoms with Crippen molar-refractivity contribution in [3.8, 4) is 0 Å². The molecule has 2 aromatic rings. The van der Waals surface area contributed by atoms with Crippen LogP contribution in [-0.4, -0.2) is 59.8 Å². The van der Waals surface area contributed by atoms with Crippen molar-refractivity contribution in [2.75, 3.05) is 39.4 Å². The highest BCUT2D eigenvalue weighted by atomic mass is 16.5. The van der Waals surface area contributed by atoms with Gasteiger partial charge in [-0.05, 0) is 63.9 Å². The van der Waals surface area contributed by atoms with Gasteiger partial charge >= 0.3 is 0 Å². The number of fused-ring (bicyclic) bond motifs is 1. The van der Waals surface area contributed by atoms with Gasteiger partial charge in [0.2, 0.25) is 0 Å². The molecule has 26 heavy (non-hydrogen) atoms. The Morgan fingerprint density at radius 1 is 1.08 bits per heavy atom. The van der Waals surface area contributed by atoms with E-state index in [1.54, 1.807) is 0 Å². The molecule has 2 aliphatic heterocycles. The highest BCUT2D eigenvalue weighted by Gasteiger charge is 2.28. The zero-order valence-electron chi connectivity index (χ0n) is 16.6. The van der Waals surface area contributed by atoms with Crippen LogP contribution in [-0.2, 0) is 18.3 Å². The lowest BCUT2D eigenvalue weighted by Gasteiger charge is -2.41.